The lowest BCUT2D eigenvalue weighted by Gasteiger charge is -2.11. The highest BCUT2D eigenvalue weighted by Gasteiger charge is 2.07. The summed E-state index contributed by atoms with van der Waals surface area (Å²) in [6.45, 7) is 7.43. The first-order valence-corrected chi connectivity index (χ1v) is 6.17. The van der Waals surface area contributed by atoms with Crippen LogP contribution in [-0.4, -0.2) is 17.5 Å². The Morgan fingerprint density at radius 1 is 1.31 bits per heavy atom. The fourth-order valence-corrected chi connectivity index (χ4v) is 1.77. The van der Waals surface area contributed by atoms with E-state index in [-0.39, 0.29) is 0 Å². The molecule has 0 rings (SSSR count). The summed E-state index contributed by atoms with van der Waals surface area (Å²) in [5, 5.41) is 15.4. The minimum Gasteiger partial charge on any atom is -0.384 e. The molecule has 3 heteroatoms. The third-order valence-electron chi connectivity index (χ3n) is 1.52. The highest BCUT2D eigenvalue weighted by atomic mass is 32.2. The Hall–Kier alpha value is -0.120. The molecule has 1 atom stereocenters. The predicted octanol–water partition coefficient (Wildman–Crippen LogP) is 3.39. The molecule has 0 saturated carbocycles. The summed E-state index contributed by atoms with van der Waals surface area (Å²) in [4.78, 5) is 0. The van der Waals surface area contributed by atoms with E-state index in [2.05, 4.69) is 6.58 Å². The summed E-state index contributed by atoms with van der Waals surface area (Å²) in [6, 6.07) is 0. The first-order valence-electron chi connectivity index (χ1n) is 3.94. The van der Waals surface area contributed by atoms with Crippen molar-refractivity contribution in [2.45, 2.75) is 20.0 Å². The summed E-state index contributed by atoms with van der Waals surface area (Å²) in [5.74, 6) is 0. The highest BCUT2D eigenvalue weighted by molar-refractivity contribution is 8.04. The van der Waals surface area contributed by atoms with E-state index in [0.29, 0.717) is 0 Å². The van der Waals surface area contributed by atoms with Crippen molar-refractivity contribution in [2.24, 2.45) is 0 Å². The van der Waals surface area contributed by atoms with Crippen molar-refractivity contribution < 1.29 is 5.11 Å². The smallest absolute Gasteiger partial charge is 0.0971 e. The Kier molecular flexibility index (Phi) is 7.23. The molecule has 74 valence electrons. The van der Waals surface area contributed by atoms with Crippen molar-refractivity contribution in [3.05, 3.63) is 33.9 Å². The molecule has 0 aromatic rings. The molecule has 1 nitrogen and oxygen atoms in total. The van der Waals surface area contributed by atoms with Crippen LogP contribution in [-0.2, 0) is 0 Å². The van der Waals surface area contributed by atoms with Crippen molar-refractivity contribution in [3.8, 4) is 0 Å². The van der Waals surface area contributed by atoms with Crippen molar-refractivity contribution in [2.75, 3.05) is 6.26 Å². The van der Waals surface area contributed by atoms with Gasteiger partial charge in [0, 0.05) is 0 Å². The van der Waals surface area contributed by atoms with E-state index >= 15 is 0 Å². The van der Waals surface area contributed by atoms with Crippen LogP contribution in [0.2, 0.25) is 0 Å². The maximum absolute atomic E-state index is 9.75. The average molecular weight is 216 g/mol. The molecule has 0 radical (unpaired) electrons. The Bertz CT molecular complexity index is 219. The lowest BCUT2D eigenvalue weighted by molar-refractivity contribution is 0.247. The van der Waals surface area contributed by atoms with Crippen LogP contribution in [0.4, 0.5) is 0 Å². The van der Waals surface area contributed by atoms with Gasteiger partial charge in [0.2, 0.25) is 0 Å². The van der Waals surface area contributed by atoms with Crippen molar-refractivity contribution in [1.82, 2.24) is 0 Å². The van der Waals surface area contributed by atoms with Crippen LogP contribution < -0.4 is 0 Å². The quantitative estimate of drug-likeness (QED) is 0.760. The molecular formula is C10H16OS2. The van der Waals surface area contributed by atoms with Gasteiger partial charge in [0.25, 0.3) is 0 Å². The summed E-state index contributed by atoms with van der Waals surface area (Å²) < 4.78 is 0. The van der Waals surface area contributed by atoms with Crippen molar-refractivity contribution in [1.29, 1.82) is 0 Å². The van der Waals surface area contributed by atoms with Gasteiger partial charge in [0.15, 0.2) is 0 Å². The van der Waals surface area contributed by atoms with Gasteiger partial charge in [-0.05, 0) is 47.5 Å². The third kappa shape index (κ3) is 5.24. The Morgan fingerprint density at radius 3 is 2.31 bits per heavy atom. The zero-order valence-corrected chi connectivity index (χ0v) is 9.91. The first kappa shape index (κ1) is 12.9. The standard InChI is InChI=1S/C10H16OS2/c1-5-13-7-9(3)10(11)8(2)6-12-4/h5-7,10-11H,1H2,2-4H3. The number of aliphatic hydroxyl groups is 1. The van der Waals surface area contributed by atoms with E-state index in [1.54, 1.807) is 17.2 Å². The number of rotatable bonds is 5. The molecule has 0 heterocycles. The zero-order chi connectivity index (χ0) is 10.3. The van der Waals surface area contributed by atoms with E-state index in [4.69, 9.17) is 0 Å². The number of hydrogen-bond donors (Lipinski definition) is 1. The van der Waals surface area contributed by atoms with Crippen LogP contribution in [0.3, 0.4) is 0 Å². The zero-order valence-electron chi connectivity index (χ0n) is 8.28. The summed E-state index contributed by atoms with van der Waals surface area (Å²) in [7, 11) is 0. The van der Waals surface area contributed by atoms with Gasteiger partial charge in [0.1, 0.15) is 0 Å². The molecule has 0 fully saturated rings. The van der Waals surface area contributed by atoms with Crippen LogP contribution in [0.25, 0.3) is 0 Å². The normalized spacial score (nSPS) is 15.7. The average Bonchev–Trinajstić information content (AvgIpc) is 2.13. The van der Waals surface area contributed by atoms with Gasteiger partial charge >= 0.3 is 0 Å². The fourth-order valence-electron chi connectivity index (χ4n) is 0.829. The summed E-state index contributed by atoms with van der Waals surface area (Å²) in [6.07, 6.45) is 1.52. The van der Waals surface area contributed by atoms with Crippen LogP contribution in [0.5, 0.6) is 0 Å². The van der Waals surface area contributed by atoms with Crippen LogP contribution in [0, 0.1) is 0 Å². The molecule has 0 aromatic carbocycles. The van der Waals surface area contributed by atoms with Gasteiger partial charge in [-0.3, -0.25) is 0 Å². The van der Waals surface area contributed by atoms with E-state index in [0.717, 1.165) is 11.1 Å². The molecular weight excluding hydrogens is 200 g/mol. The molecule has 0 aromatic heterocycles. The number of aliphatic hydroxyl groups excluding tert-OH is 1. The second-order valence-corrected chi connectivity index (χ2v) is 4.21. The molecule has 13 heavy (non-hydrogen) atoms. The van der Waals surface area contributed by atoms with Crippen molar-refractivity contribution >= 4 is 23.5 Å². The largest absolute Gasteiger partial charge is 0.384 e. The van der Waals surface area contributed by atoms with E-state index < -0.39 is 6.10 Å². The Balaban J connectivity index is 4.31. The molecule has 0 saturated heterocycles. The maximum atomic E-state index is 9.75. The van der Waals surface area contributed by atoms with Gasteiger partial charge < -0.3 is 5.11 Å². The van der Waals surface area contributed by atoms with Gasteiger partial charge in [-0.25, -0.2) is 0 Å². The highest BCUT2D eigenvalue weighted by Crippen LogP contribution is 2.17. The first-order chi connectivity index (χ1) is 6.13. The molecule has 1 unspecified atom stereocenters. The predicted molar refractivity (Wildman–Crippen MR) is 64.8 cm³/mol. The molecule has 0 aliphatic carbocycles. The molecule has 0 aliphatic rings. The molecule has 0 aliphatic heterocycles. The van der Waals surface area contributed by atoms with Gasteiger partial charge in [-0.1, -0.05) is 6.58 Å². The summed E-state index contributed by atoms with van der Waals surface area (Å²) in [5.41, 5.74) is 1.93. The van der Waals surface area contributed by atoms with Gasteiger partial charge in [-0.15, -0.1) is 23.5 Å². The SMILES string of the molecule is C=CSC=C(C)C(O)C(C)=CSC. The fraction of sp³-hybridized carbons (Fsp3) is 0.400. The Labute approximate surface area is 89.0 Å². The Morgan fingerprint density at radius 2 is 1.85 bits per heavy atom. The lowest BCUT2D eigenvalue weighted by atomic mass is 10.1. The second-order valence-electron chi connectivity index (χ2n) is 2.66. The van der Waals surface area contributed by atoms with E-state index in [1.807, 2.05) is 30.9 Å². The molecule has 0 spiro atoms. The molecule has 0 bridgehead atoms. The van der Waals surface area contributed by atoms with Gasteiger partial charge in [-0.2, -0.15) is 0 Å². The van der Waals surface area contributed by atoms with Crippen molar-refractivity contribution in [3.63, 3.8) is 0 Å². The summed E-state index contributed by atoms with van der Waals surface area (Å²) >= 11 is 3.09. The lowest BCUT2D eigenvalue weighted by Crippen LogP contribution is -2.08. The van der Waals surface area contributed by atoms with E-state index in [1.165, 1.54) is 11.8 Å². The van der Waals surface area contributed by atoms with Crippen LogP contribution in [0.1, 0.15) is 13.8 Å². The van der Waals surface area contributed by atoms with Crippen LogP contribution in [0.15, 0.2) is 33.9 Å². The number of hydrogen-bond acceptors (Lipinski definition) is 3. The number of thioether (sulfide) groups is 2. The molecule has 1 N–H and O–H groups in total. The minimum absolute atomic E-state index is 0.458. The van der Waals surface area contributed by atoms with Crippen LogP contribution >= 0.6 is 23.5 Å². The maximum Gasteiger partial charge on any atom is 0.0971 e. The molecule has 0 amide bonds. The monoisotopic (exact) mass is 216 g/mol. The second kappa shape index (κ2) is 7.30. The minimum atomic E-state index is -0.458. The van der Waals surface area contributed by atoms with Gasteiger partial charge in [0.05, 0.1) is 6.10 Å². The third-order valence-corrected chi connectivity index (χ3v) is 2.82. The topological polar surface area (TPSA) is 20.2 Å². The van der Waals surface area contributed by atoms with E-state index in [9.17, 15) is 5.11 Å².